The van der Waals surface area contributed by atoms with E-state index < -0.39 is 10.0 Å². The summed E-state index contributed by atoms with van der Waals surface area (Å²) < 4.78 is 22.3. The van der Waals surface area contributed by atoms with E-state index in [1.807, 2.05) is 12.3 Å². The molecule has 0 saturated heterocycles. The van der Waals surface area contributed by atoms with Gasteiger partial charge in [0.1, 0.15) is 4.21 Å². The largest absolute Gasteiger partial charge is 0.352 e. The summed E-state index contributed by atoms with van der Waals surface area (Å²) in [5.41, 5.74) is 1.25. The molecule has 6 nitrogen and oxygen atoms in total. The van der Waals surface area contributed by atoms with Crippen LogP contribution in [0, 0.1) is 0 Å². The van der Waals surface area contributed by atoms with Gasteiger partial charge in [-0.05, 0) is 12.5 Å². The number of aromatic nitrogens is 1. The molecule has 1 amide bonds. The zero-order valence-electron chi connectivity index (χ0n) is 11.3. The number of thiazole rings is 1. The number of sulfonamides is 1. The summed E-state index contributed by atoms with van der Waals surface area (Å²) in [4.78, 5) is 16.3. The van der Waals surface area contributed by atoms with E-state index in [4.69, 9.17) is 5.14 Å². The number of carbonyl (C=O) groups excluding carboxylic acids is 1. The van der Waals surface area contributed by atoms with Crippen LogP contribution in [0.5, 0.6) is 0 Å². The third-order valence-corrected chi connectivity index (χ3v) is 6.11. The Balaban J connectivity index is 1.88. The highest BCUT2D eigenvalue weighted by Gasteiger charge is 2.15. The first-order chi connectivity index (χ1) is 9.90. The standard InChI is InChI=1S/C12H15N3O3S3/c1-2-10-15-9(7-19-10)3-4-14-12(16)8-5-11(20-6-8)21(13,17)18/h5-7H,2-4H2,1H3,(H,14,16)(H2,13,17,18). The fourth-order valence-electron chi connectivity index (χ4n) is 1.62. The predicted octanol–water partition coefficient (Wildman–Crippen LogP) is 1.39. The van der Waals surface area contributed by atoms with Crippen LogP contribution >= 0.6 is 22.7 Å². The van der Waals surface area contributed by atoms with Crippen molar-refractivity contribution in [3.8, 4) is 0 Å². The van der Waals surface area contributed by atoms with E-state index in [0.717, 1.165) is 28.5 Å². The molecular weight excluding hydrogens is 330 g/mol. The molecule has 2 aromatic rings. The fourth-order valence-corrected chi connectivity index (χ4v) is 3.98. The summed E-state index contributed by atoms with van der Waals surface area (Å²) in [6, 6.07) is 1.29. The zero-order chi connectivity index (χ0) is 15.5. The molecule has 0 atom stereocenters. The third kappa shape index (κ3) is 4.34. The molecule has 0 unspecified atom stereocenters. The minimum Gasteiger partial charge on any atom is -0.352 e. The summed E-state index contributed by atoms with van der Waals surface area (Å²) in [5, 5.41) is 12.3. The number of aryl methyl sites for hydroxylation is 1. The minimum absolute atomic E-state index is 0.0141. The number of hydrogen-bond donors (Lipinski definition) is 2. The number of amides is 1. The van der Waals surface area contributed by atoms with Crippen molar-refractivity contribution >= 4 is 38.6 Å². The second kappa shape index (κ2) is 6.65. The van der Waals surface area contributed by atoms with Crippen LogP contribution in [0.1, 0.15) is 28.0 Å². The van der Waals surface area contributed by atoms with Crippen LogP contribution in [0.2, 0.25) is 0 Å². The molecule has 0 spiro atoms. The average molecular weight is 345 g/mol. The van der Waals surface area contributed by atoms with Gasteiger partial charge >= 0.3 is 0 Å². The molecule has 0 radical (unpaired) electrons. The summed E-state index contributed by atoms with van der Waals surface area (Å²) >= 11 is 2.54. The van der Waals surface area contributed by atoms with Crippen molar-refractivity contribution in [1.82, 2.24) is 10.3 Å². The van der Waals surface area contributed by atoms with E-state index >= 15 is 0 Å². The Labute approximate surface area is 131 Å². The summed E-state index contributed by atoms with van der Waals surface area (Å²) in [6.07, 6.45) is 1.55. The molecule has 0 bridgehead atoms. The predicted molar refractivity (Wildman–Crippen MR) is 83.2 cm³/mol. The maximum atomic E-state index is 11.9. The number of thiophene rings is 1. The van der Waals surface area contributed by atoms with Crippen molar-refractivity contribution in [1.29, 1.82) is 0 Å². The van der Waals surface area contributed by atoms with Gasteiger partial charge in [0, 0.05) is 23.7 Å². The third-order valence-electron chi connectivity index (χ3n) is 2.69. The Kier molecular flexibility index (Phi) is 5.09. The van der Waals surface area contributed by atoms with Gasteiger partial charge in [-0.2, -0.15) is 0 Å². The number of nitrogens with one attached hydrogen (secondary N) is 1. The van der Waals surface area contributed by atoms with Gasteiger partial charge in [-0.1, -0.05) is 6.92 Å². The van der Waals surface area contributed by atoms with Crippen LogP contribution < -0.4 is 10.5 Å². The first kappa shape index (κ1) is 16.1. The molecule has 2 rings (SSSR count). The molecule has 21 heavy (non-hydrogen) atoms. The molecule has 114 valence electrons. The monoisotopic (exact) mass is 345 g/mol. The van der Waals surface area contributed by atoms with Gasteiger partial charge in [0.15, 0.2) is 0 Å². The van der Waals surface area contributed by atoms with Crippen LogP contribution in [-0.2, 0) is 22.9 Å². The number of nitrogens with zero attached hydrogens (tertiary/aromatic N) is 1. The van der Waals surface area contributed by atoms with Crippen molar-refractivity contribution in [2.45, 2.75) is 24.0 Å². The van der Waals surface area contributed by atoms with Crippen LogP contribution in [0.15, 0.2) is 21.0 Å². The lowest BCUT2D eigenvalue weighted by Crippen LogP contribution is -2.25. The van der Waals surface area contributed by atoms with Gasteiger partial charge in [-0.3, -0.25) is 4.79 Å². The Bertz CT molecular complexity index is 734. The van der Waals surface area contributed by atoms with Gasteiger partial charge < -0.3 is 5.32 Å². The highest BCUT2D eigenvalue weighted by atomic mass is 32.2. The maximum absolute atomic E-state index is 11.9. The van der Waals surface area contributed by atoms with Crippen molar-refractivity contribution < 1.29 is 13.2 Å². The lowest BCUT2D eigenvalue weighted by atomic mass is 10.3. The summed E-state index contributed by atoms with van der Waals surface area (Å²) in [7, 11) is -3.75. The Morgan fingerprint density at radius 3 is 2.71 bits per heavy atom. The molecule has 0 aliphatic rings. The lowest BCUT2D eigenvalue weighted by Gasteiger charge is -2.01. The molecule has 0 fully saturated rings. The molecule has 3 N–H and O–H groups in total. The molecule has 0 saturated carbocycles. The Morgan fingerprint density at radius 1 is 1.38 bits per heavy atom. The SMILES string of the molecule is CCc1nc(CCNC(=O)c2csc(S(N)(=O)=O)c2)cs1. The van der Waals surface area contributed by atoms with E-state index in [0.29, 0.717) is 18.5 Å². The molecule has 0 aliphatic heterocycles. The van der Waals surface area contributed by atoms with E-state index in [9.17, 15) is 13.2 Å². The molecule has 2 heterocycles. The van der Waals surface area contributed by atoms with Crippen molar-refractivity contribution in [3.63, 3.8) is 0 Å². The van der Waals surface area contributed by atoms with E-state index in [1.165, 1.54) is 11.4 Å². The van der Waals surface area contributed by atoms with Gasteiger partial charge in [-0.25, -0.2) is 18.5 Å². The van der Waals surface area contributed by atoms with Crippen LogP contribution in [0.25, 0.3) is 0 Å². The topological polar surface area (TPSA) is 102 Å². The summed E-state index contributed by atoms with van der Waals surface area (Å²) in [5.74, 6) is -0.313. The number of carbonyl (C=O) groups is 1. The minimum atomic E-state index is -3.75. The van der Waals surface area contributed by atoms with Crippen LogP contribution in [-0.4, -0.2) is 25.9 Å². The molecule has 0 aromatic carbocycles. The van der Waals surface area contributed by atoms with Crippen LogP contribution in [0.4, 0.5) is 0 Å². The van der Waals surface area contributed by atoms with E-state index in [1.54, 1.807) is 11.3 Å². The molecule has 0 aliphatic carbocycles. The van der Waals surface area contributed by atoms with Crippen molar-refractivity contribution in [2.24, 2.45) is 5.14 Å². The van der Waals surface area contributed by atoms with Crippen LogP contribution in [0.3, 0.4) is 0 Å². The Hall–Kier alpha value is -1.29. The number of rotatable bonds is 6. The average Bonchev–Trinajstić information content (AvgIpc) is 3.07. The van der Waals surface area contributed by atoms with Gasteiger partial charge in [0.25, 0.3) is 5.91 Å². The fraction of sp³-hybridized carbons (Fsp3) is 0.333. The second-order valence-electron chi connectivity index (χ2n) is 4.29. The molecular formula is C12H15N3O3S3. The molecule has 9 heteroatoms. The van der Waals surface area contributed by atoms with Gasteiger partial charge in [0.05, 0.1) is 16.3 Å². The number of hydrogen-bond acceptors (Lipinski definition) is 6. The van der Waals surface area contributed by atoms with E-state index in [-0.39, 0.29) is 10.1 Å². The highest BCUT2D eigenvalue weighted by Crippen LogP contribution is 2.18. The maximum Gasteiger partial charge on any atom is 0.252 e. The quantitative estimate of drug-likeness (QED) is 0.826. The van der Waals surface area contributed by atoms with Crippen molar-refractivity contribution in [3.05, 3.63) is 33.1 Å². The summed E-state index contributed by atoms with van der Waals surface area (Å²) in [6.45, 7) is 2.50. The normalized spacial score (nSPS) is 11.5. The zero-order valence-corrected chi connectivity index (χ0v) is 13.8. The smallest absolute Gasteiger partial charge is 0.252 e. The highest BCUT2D eigenvalue weighted by molar-refractivity contribution is 7.91. The second-order valence-corrected chi connectivity index (χ2v) is 7.93. The van der Waals surface area contributed by atoms with Gasteiger partial charge in [0.2, 0.25) is 10.0 Å². The first-order valence-electron chi connectivity index (χ1n) is 6.23. The first-order valence-corrected chi connectivity index (χ1v) is 9.53. The van der Waals surface area contributed by atoms with Crippen molar-refractivity contribution in [2.75, 3.05) is 6.54 Å². The molecule has 2 aromatic heterocycles. The van der Waals surface area contributed by atoms with E-state index in [2.05, 4.69) is 10.3 Å². The number of nitrogens with two attached hydrogens (primary N) is 1. The number of primary sulfonamides is 1. The lowest BCUT2D eigenvalue weighted by molar-refractivity contribution is 0.0954. The Morgan fingerprint density at radius 2 is 2.14 bits per heavy atom. The van der Waals surface area contributed by atoms with Gasteiger partial charge in [-0.15, -0.1) is 22.7 Å².